The Morgan fingerprint density at radius 3 is 2.63 bits per heavy atom. The second kappa shape index (κ2) is 8.91. The van der Waals surface area contributed by atoms with E-state index in [1.54, 1.807) is 12.1 Å². The highest BCUT2D eigenvalue weighted by Gasteiger charge is 2.41. The minimum absolute atomic E-state index is 0.0816. The average molecular weight is 438 g/mol. The Morgan fingerprint density at radius 2 is 1.93 bits per heavy atom. The number of sulfonamides is 1. The van der Waals surface area contributed by atoms with Crippen molar-refractivity contribution in [1.82, 2.24) is 14.4 Å². The van der Waals surface area contributed by atoms with Gasteiger partial charge in [0.2, 0.25) is 15.9 Å². The monoisotopic (exact) mass is 437 g/mol. The number of benzene rings is 1. The molecule has 2 fully saturated rings. The first-order valence-electron chi connectivity index (χ1n) is 10.2. The SMILES string of the molecule is COc1ccc(OC)c(S(=O)(=O)N2CC(c3nc(CCOC4CCCC4)no3)C2)c1. The van der Waals surface area contributed by atoms with E-state index < -0.39 is 10.0 Å². The zero-order valence-corrected chi connectivity index (χ0v) is 18.1. The van der Waals surface area contributed by atoms with Gasteiger partial charge < -0.3 is 18.7 Å². The summed E-state index contributed by atoms with van der Waals surface area (Å²) in [6.45, 7) is 1.14. The van der Waals surface area contributed by atoms with Gasteiger partial charge in [-0.15, -0.1) is 0 Å². The second-order valence-corrected chi connectivity index (χ2v) is 9.52. The van der Waals surface area contributed by atoms with E-state index in [-0.39, 0.29) is 29.7 Å². The molecule has 0 N–H and O–H groups in total. The van der Waals surface area contributed by atoms with E-state index in [2.05, 4.69) is 10.1 Å². The van der Waals surface area contributed by atoms with Gasteiger partial charge in [0, 0.05) is 25.6 Å². The number of hydrogen-bond acceptors (Lipinski definition) is 8. The van der Waals surface area contributed by atoms with Crippen LogP contribution in [0.15, 0.2) is 27.6 Å². The van der Waals surface area contributed by atoms with E-state index in [9.17, 15) is 8.42 Å². The van der Waals surface area contributed by atoms with Crippen LogP contribution in [0.5, 0.6) is 11.5 Å². The summed E-state index contributed by atoms with van der Waals surface area (Å²) >= 11 is 0. The van der Waals surface area contributed by atoms with Crippen LogP contribution in [0.3, 0.4) is 0 Å². The van der Waals surface area contributed by atoms with Crippen LogP contribution < -0.4 is 9.47 Å². The van der Waals surface area contributed by atoms with Crippen LogP contribution in [0.4, 0.5) is 0 Å². The van der Waals surface area contributed by atoms with Crippen molar-refractivity contribution in [2.24, 2.45) is 0 Å². The van der Waals surface area contributed by atoms with Gasteiger partial charge in [-0.2, -0.15) is 9.29 Å². The summed E-state index contributed by atoms with van der Waals surface area (Å²) in [6.07, 6.45) is 5.68. The highest BCUT2D eigenvalue weighted by molar-refractivity contribution is 7.89. The van der Waals surface area contributed by atoms with E-state index in [0.29, 0.717) is 36.6 Å². The fraction of sp³-hybridized carbons (Fsp3) is 0.600. The average Bonchev–Trinajstić information content (AvgIpc) is 3.38. The highest BCUT2D eigenvalue weighted by atomic mass is 32.2. The van der Waals surface area contributed by atoms with Crippen LogP contribution in [-0.2, 0) is 21.2 Å². The molecular formula is C20H27N3O6S. The minimum Gasteiger partial charge on any atom is -0.497 e. The van der Waals surface area contributed by atoms with E-state index in [1.165, 1.54) is 37.4 Å². The predicted molar refractivity (Wildman–Crippen MR) is 107 cm³/mol. The number of methoxy groups -OCH3 is 2. The first-order chi connectivity index (χ1) is 14.5. The molecule has 0 radical (unpaired) electrons. The molecule has 10 heteroatoms. The third-order valence-electron chi connectivity index (χ3n) is 5.65. The fourth-order valence-electron chi connectivity index (χ4n) is 3.82. The summed E-state index contributed by atoms with van der Waals surface area (Å²) in [5.41, 5.74) is 0. The van der Waals surface area contributed by atoms with Crippen LogP contribution in [-0.4, -0.2) is 62.9 Å². The molecule has 2 aliphatic rings. The summed E-state index contributed by atoms with van der Waals surface area (Å²) in [4.78, 5) is 4.50. The molecule has 0 unspecified atom stereocenters. The molecule has 9 nitrogen and oxygen atoms in total. The van der Waals surface area contributed by atoms with E-state index in [4.69, 9.17) is 18.7 Å². The van der Waals surface area contributed by atoms with Crippen molar-refractivity contribution in [3.63, 3.8) is 0 Å². The number of hydrogen-bond donors (Lipinski definition) is 0. The lowest BCUT2D eigenvalue weighted by molar-refractivity contribution is 0.0596. The van der Waals surface area contributed by atoms with E-state index in [0.717, 1.165) is 12.8 Å². The molecule has 0 amide bonds. The second-order valence-electron chi connectivity index (χ2n) is 7.61. The molecule has 2 heterocycles. The largest absolute Gasteiger partial charge is 0.497 e. The number of rotatable bonds is 9. The minimum atomic E-state index is -3.72. The zero-order chi connectivity index (χ0) is 21.1. The highest BCUT2D eigenvalue weighted by Crippen LogP contribution is 2.36. The van der Waals surface area contributed by atoms with E-state index >= 15 is 0 Å². The topological polar surface area (TPSA) is 104 Å². The lowest BCUT2D eigenvalue weighted by Crippen LogP contribution is -2.48. The fourth-order valence-corrected chi connectivity index (χ4v) is 5.52. The van der Waals surface area contributed by atoms with Crippen LogP contribution >= 0.6 is 0 Å². The van der Waals surface area contributed by atoms with Crippen molar-refractivity contribution in [3.05, 3.63) is 29.9 Å². The summed E-state index contributed by atoms with van der Waals surface area (Å²) in [5, 5.41) is 4.01. The van der Waals surface area contributed by atoms with Crippen molar-refractivity contribution in [2.45, 2.75) is 49.0 Å². The van der Waals surface area contributed by atoms with Gasteiger partial charge >= 0.3 is 0 Å². The van der Waals surface area contributed by atoms with Gasteiger partial charge in [0.1, 0.15) is 16.4 Å². The van der Waals surface area contributed by atoms with Crippen molar-refractivity contribution in [3.8, 4) is 11.5 Å². The maximum atomic E-state index is 13.0. The van der Waals surface area contributed by atoms with Gasteiger partial charge in [0.15, 0.2) is 5.82 Å². The van der Waals surface area contributed by atoms with Gasteiger partial charge in [-0.25, -0.2) is 8.42 Å². The van der Waals surface area contributed by atoms with E-state index in [1.807, 2.05) is 0 Å². The van der Waals surface area contributed by atoms with Crippen LogP contribution in [0.25, 0.3) is 0 Å². The van der Waals surface area contributed by atoms with Gasteiger partial charge in [-0.05, 0) is 25.0 Å². The Labute approximate surface area is 176 Å². The van der Waals surface area contributed by atoms with Gasteiger partial charge in [-0.3, -0.25) is 0 Å². The molecule has 0 bridgehead atoms. The lowest BCUT2D eigenvalue weighted by Gasteiger charge is -2.36. The van der Waals surface area contributed by atoms with Crippen molar-refractivity contribution in [2.75, 3.05) is 33.9 Å². The summed E-state index contributed by atoms with van der Waals surface area (Å²) in [7, 11) is -0.786. The van der Waals surface area contributed by atoms with Gasteiger partial charge in [0.05, 0.1) is 32.8 Å². The third kappa shape index (κ3) is 4.30. The van der Waals surface area contributed by atoms with Crippen molar-refractivity contribution < 1.29 is 27.2 Å². The molecule has 1 saturated carbocycles. The lowest BCUT2D eigenvalue weighted by atomic mass is 10.0. The number of ether oxygens (including phenoxy) is 3. The first-order valence-corrected chi connectivity index (χ1v) is 11.6. The third-order valence-corrected chi connectivity index (χ3v) is 7.50. The molecule has 4 rings (SSSR count). The zero-order valence-electron chi connectivity index (χ0n) is 17.2. The predicted octanol–water partition coefficient (Wildman–Crippen LogP) is 2.38. The van der Waals surface area contributed by atoms with Gasteiger partial charge in [0.25, 0.3) is 0 Å². The van der Waals surface area contributed by atoms with Crippen LogP contribution in [0.1, 0.15) is 43.3 Å². The van der Waals surface area contributed by atoms with Gasteiger partial charge in [-0.1, -0.05) is 18.0 Å². The standard InChI is InChI=1S/C20H27N3O6S/c1-26-16-7-8-17(27-2)18(11-16)30(24,25)23-12-14(13-23)20-21-19(22-29-20)9-10-28-15-5-3-4-6-15/h7-8,11,14-15H,3-6,9-10,12-13H2,1-2H3. The molecule has 1 aliphatic carbocycles. The molecule has 1 aromatic heterocycles. The summed E-state index contributed by atoms with van der Waals surface area (Å²) in [5.74, 6) is 1.68. The van der Waals surface area contributed by atoms with Crippen LogP contribution in [0, 0.1) is 0 Å². The maximum Gasteiger partial charge on any atom is 0.246 e. The first kappa shape index (κ1) is 21.1. The van der Waals surface area contributed by atoms with Crippen LogP contribution in [0.2, 0.25) is 0 Å². The summed E-state index contributed by atoms with van der Waals surface area (Å²) < 4.78 is 49.0. The molecule has 0 atom stereocenters. The quantitative estimate of drug-likeness (QED) is 0.589. The molecule has 2 aromatic rings. The Hall–Kier alpha value is -2.17. The molecule has 30 heavy (non-hydrogen) atoms. The normalized spacial score (nSPS) is 18.5. The smallest absolute Gasteiger partial charge is 0.246 e. The Balaban J connectivity index is 1.35. The molecule has 1 saturated heterocycles. The molecule has 1 aliphatic heterocycles. The molecule has 164 valence electrons. The van der Waals surface area contributed by atoms with Crippen molar-refractivity contribution >= 4 is 10.0 Å². The molecule has 1 aromatic carbocycles. The van der Waals surface area contributed by atoms with Crippen molar-refractivity contribution in [1.29, 1.82) is 0 Å². The Kier molecular flexibility index (Phi) is 6.26. The Morgan fingerprint density at radius 1 is 1.17 bits per heavy atom. The summed E-state index contributed by atoms with van der Waals surface area (Å²) in [6, 6.07) is 4.71. The Bertz CT molecular complexity index is 965. The number of nitrogens with zero attached hydrogens (tertiary/aromatic N) is 3. The molecular weight excluding hydrogens is 410 g/mol. The molecule has 0 spiro atoms. The number of aromatic nitrogens is 2. The maximum absolute atomic E-state index is 13.0.